The Morgan fingerprint density at radius 3 is 1.39 bits per heavy atom. The number of nitrogens with zero attached hydrogens (tertiary/aromatic N) is 3. The van der Waals surface area contributed by atoms with Gasteiger partial charge in [0, 0.05) is 24.8 Å². The molecule has 18 heteroatoms. The Morgan fingerprint density at radius 2 is 0.937 bits per heavy atom. The summed E-state index contributed by atoms with van der Waals surface area (Å²) in [6.07, 6.45) is 14.3. The first kappa shape index (κ1) is 58.8. The Kier molecular flexibility index (Phi) is 23.0. The minimum Gasteiger partial charge on any atom is -0.494 e. The lowest BCUT2D eigenvalue weighted by Crippen LogP contribution is -2.30. The van der Waals surface area contributed by atoms with Gasteiger partial charge < -0.3 is 37.9 Å². The Bertz CT molecular complexity index is 2840. The molecular formula is C61H69N3O14S. The van der Waals surface area contributed by atoms with E-state index >= 15 is 0 Å². The van der Waals surface area contributed by atoms with Crippen molar-refractivity contribution in [1.29, 1.82) is 0 Å². The van der Waals surface area contributed by atoms with Crippen molar-refractivity contribution in [2.45, 2.75) is 103 Å². The third-order valence-corrected chi connectivity index (χ3v) is 14.8. The molecular weight excluding hydrogens is 1030 g/mol. The van der Waals surface area contributed by atoms with Gasteiger partial charge in [0.1, 0.15) is 34.5 Å². The molecule has 79 heavy (non-hydrogen) atoms. The number of hydrazone groups is 1. The Hall–Kier alpha value is -7.86. The number of unbranched alkanes of at least 4 members (excludes halogenated alkanes) is 6. The van der Waals surface area contributed by atoms with Crippen molar-refractivity contribution in [3.63, 3.8) is 0 Å². The van der Waals surface area contributed by atoms with Gasteiger partial charge in [-0.1, -0.05) is 36.6 Å². The topological polar surface area (TPSA) is 205 Å². The molecule has 418 valence electrons. The second-order valence-corrected chi connectivity index (χ2v) is 20.4. The minimum absolute atomic E-state index is 0.221. The van der Waals surface area contributed by atoms with E-state index in [1.807, 2.05) is 24.3 Å². The molecule has 0 radical (unpaired) electrons. The maximum absolute atomic E-state index is 13.8. The summed E-state index contributed by atoms with van der Waals surface area (Å²) in [5, 5.41) is 6.90. The van der Waals surface area contributed by atoms with E-state index in [9.17, 15) is 28.8 Å². The fourth-order valence-electron chi connectivity index (χ4n) is 9.07. The second-order valence-electron chi connectivity index (χ2n) is 19.4. The predicted octanol–water partition coefficient (Wildman–Crippen LogP) is 11.7. The van der Waals surface area contributed by atoms with Crippen LogP contribution in [0.5, 0.6) is 34.5 Å². The largest absolute Gasteiger partial charge is 0.494 e. The number of aromatic nitrogens is 1. The summed E-state index contributed by atoms with van der Waals surface area (Å²) in [6, 6.07) is 26.4. The molecule has 7 rings (SSSR count). The molecule has 0 spiro atoms. The molecule has 0 aliphatic heterocycles. The van der Waals surface area contributed by atoms with Gasteiger partial charge in [-0.3, -0.25) is 19.2 Å². The van der Waals surface area contributed by atoms with E-state index in [-0.39, 0.29) is 35.3 Å². The first-order valence-electron chi connectivity index (χ1n) is 27.1. The summed E-state index contributed by atoms with van der Waals surface area (Å²) in [5.74, 6) is -1.47. The zero-order chi connectivity index (χ0) is 55.8. The van der Waals surface area contributed by atoms with E-state index in [2.05, 4.69) is 23.2 Å². The molecule has 2 aliphatic carbocycles. The summed E-state index contributed by atoms with van der Waals surface area (Å²) >= 11 is 1.47. The number of thiazole rings is 1. The van der Waals surface area contributed by atoms with E-state index in [4.69, 9.17) is 37.9 Å². The van der Waals surface area contributed by atoms with Crippen molar-refractivity contribution < 1.29 is 66.7 Å². The first-order chi connectivity index (χ1) is 38.4. The van der Waals surface area contributed by atoms with Crippen LogP contribution in [-0.2, 0) is 38.2 Å². The maximum Gasteiger partial charge on any atom is 0.330 e. The van der Waals surface area contributed by atoms with Crippen LogP contribution in [0.4, 0.5) is 5.13 Å². The maximum atomic E-state index is 13.8. The molecule has 4 aromatic carbocycles. The quantitative estimate of drug-likeness (QED) is 0.0109. The average molecular weight is 1100 g/mol. The van der Waals surface area contributed by atoms with Crippen LogP contribution in [0, 0.1) is 23.7 Å². The molecule has 2 saturated carbocycles. The van der Waals surface area contributed by atoms with Crippen molar-refractivity contribution in [1.82, 2.24) is 4.98 Å². The summed E-state index contributed by atoms with van der Waals surface area (Å²) in [5.41, 5.74) is 1.23. The fourth-order valence-corrected chi connectivity index (χ4v) is 9.95. The number of ether oxygens (including phenoxy) is 8. The molecule has 0 bridgehead atoms. The predicted molar refractivity (Wildman–Crippen MR) is 299 cm³/mol. The van der Waals surface area contributed by atoms with Crippen LogP contribution in [0.15, 0.2) is 121 Å². The van der Waals surface area contributed by atoms with Crippen LogP contribution in [0.2, 0.25) is 0 Å². The zero-order valence-electron chi connectivity index (χ0n) is 44.7. The fraction of sp³-hybridized carbons (Fsp3) is 0.410. The number of rotatable bonds is 29. The van der Waals surface area contributed by atoms with Crippen molar-refractivity contribution in [2.75, 3.05) is 38.5 Å². The molecule has 2 aliphatic rings. The molecule has 1 heterocycles. The summed E-state index contributed by atoms with van der Waals surface area (Å²) in [6.45, 7) is 8.57. The van der Waals surface area contributed by atoms with Gasteiger partial charge in [0.15, 0.2) is 0 Å². The van der Waals surface area contributed by atoms with Crippen molar-refractivity contribution in [3.8, 4) is 34.5 Å². The van der Waals surface area contributed by atoms with E-state index in [1.54, 1.807) is 78.8 Å². The Morgan fingerprint density at radius 1 is 0.532 bits per heavy atom. The van der Waals surface area contributed by atoms with Gasteiger partial charge >= 0.3 is 35.8 Å². The van der Waals surface area contributed by atoms with Gasteiger partial charge in [-0.15, -0.1) is 0 Å². The van der Waals surface area contributed by atoms with Gasteiger partial charge in [0.05, 0.1) is 66.5 Å². The highest BCUT2D eigenvalue weighted by Gasteiger charge is 2.34. The second kappa shape index (κ2) is 30.9. The number of hydrogen-bond donors (Lipinski definition) is 0. The monoisotopic (exact) mass is 1100 g/mol. The molecule has 17 nitrogen and oxygen atoms in total. The highest BCUT2D eigenvalue weighted by atomic mass is 32.1. The van der Waals surface area contributed by atoms with Crippen LogP contribution in [0.3, 0.4) is 0 Å². The summed E-state index contributed by atoms with van der Waals surface area (Å²) in [4.78, 5) is 80.7. The van der Waals surface area contributed by atoms with Crippen molar-refractivity contribution >= 4 is 68.7 Å². The SMILES string of the molecule is C=CC(=O)OCCCCCCOc1ccc(OC(=O)[C@H]2CC[C@H](C(=O)Oc3ccc(OC(=O)[C@H]4CC[C@H](C(=O)Oc5ccc(OCCCCCCOC(=O)C=C)cc5)CC4)c(/C=N/N(C)c4nc5ccccc5s4)c3)CC2)cc1. The number of fused-ring (bicyclic) bond motifs is 1. The molecule has 0 unspecified atom stereocenters. The minimum atomic E-state index is -0.461. The van der Waals surface area contributed by atoms with Crippen LogP contribution >= 0.6 is 11.3 Å². The number of anilines is 1. The Labute approximate surface area is 464 Å². The molecule has 1 aromatic heterocycles. The van der Waals surface area contributed by atoms with Crippen LogP contribution < -0.4 is 33.4 Å². The highest BCUT2D eigenvalue weighted by Crippen LogP contribution is 2.35. The zero-order valence-corrected chi connectivity index (χ0v) is 45.5. The smallest absolute Gasteiger partial charge is 0.330 e. The standard InChI is InChI=1S/C61H69N3O14S/c1-4-55(65)73-38-14-8-6-12-36-71-47-26-30-49(31-27-47)75-57(67)42-18-20-44(21-19-42)59(69)77-51-34-35-53(46(40-51)41-62-64(3)61-63-52-16-10-11-17-54(52)79-61)78-60(70)45-24-22-43(23-25-45)58(68)76-50-32-28-48(29-33-50)72-37-13-7-9-15-39-74-56(66)5-2/h4-5,10-11,16-17,26-35,40-45H,1-2,6-9,12-15,18-25,36-39H2,3H3/b62-41+/t42-,43-,44-,45-. The van der Waals surface area contributed by atoms with Gasteiger partial charge in [-0.2, -0.15) is 5.10 Å². The summed E-state index contributed by atoms with van der Waals surface area (Å²) in [7, 11) is 1.76. The molecule has 5 aromatic rings. The average Bonchev–Trinajstić information content (AvgIpc) is 3.94. The van der Waals surface area contributed by atoms with E-state index < -0.39 is 35.7 Å². The molecule has 0 atom stereocenters. The highest BCUT2D eigenvalue weighted by molar-refractivity contribution is 7.22. The third-order valence-electron chi connectivity index (χ3n) is 13.6. The third kappa shape index (κ3) is 18.9. The lowest BCUT2D eigenvalue weighted by atomic mass is 9.82. The molecule has 0 amide bonds. The first-order valence-corrected chi connectivity index (χ1v) is 27.9. The van der Waals surface area contributed by atoms with Crippen molar-refractivity contribution in [3.05, 3.63) is 122 Å². The summed E-state index contributed by atoms with van der Waals surface area (Å²) < 4.78 is 46.0. The lowest BCUT2D eigenvalue weighted by Gasteiger charge is -2.26. The number of carbonyl (C=O) groups is 6. The van der Waals surface area contributed by atoms with E-state index in [1.165, 1.54) is 17.6 Å². The van der Waals surface area contributed by atoms with E-state index in [0.29, 0.717) is 111 Å². The number of esters is 6. The molecule has 2 fully saturated rings. The van der Waals surface area contributed by atoms with Crippen LogP contribution in [-0.4, -0.2) is 80.5 Å². The van der Waals surface area contributed by atoms with E-state index in [0.717, 1.165) is 73.7 Å². The van der Waals surface area contributed by atoms with Gasteiger partial charge in [-0.05, 0) is 182 Å². The number of hydrogen-bond acceptors (Lipinski definition) is 18. The lowest BCUT2D eigenvalue weighted by molar-refractivity contribution is -0.145. The van der Waals surface area contributed by atoms with Crippen LogP contribution in [0.25, 0.3) is 10.2 Å². The van der Waals surface area contributed by atoms with Crippen LogP contribution in [0.1, 0.15) is 108 Å². The molecule has 0 saturated heterocycles. The molecule has 0 N–H and O–H groups in total. The number of benzene rings is 4. The normalized spacial score (nSPS) is 17.0. The van der Waals surface area contributed by atoms with Gasteiger partial charge in [-0.25, -0.2) is 19.6 Å². The van der Waals surface area contributed by atoms with Gasteiger partial charge in [0.2, 0.25) is 5.13 Å². The van der Waals surface area contributed by atoms with Crippen molar-refractivity contribution in [2.24, 2.45) is 28.8 Å². The number of para-hydroxylation sites is 1. The van der Waals surface area contributed by atoms with Gasteiger partial charge in [0.25, 0.3) is 0 Å². The number of carbonyl (C=O) groups excluding carboxylic acids is 6. The Balaban J connectivity index is 0.865.